The number of nitrogens with zero attached hydrogens (tertiary/aromatic N) is 4. The predicted octanol–water partition coefficient (Wildman–Crippen LogP) is 1.69. The lowest BCUT2D eigenvalue weighted by Gasteiger charge is -1.96. The third-order valence-electron chi connectivity index (χ3n) is 1.83. The van der Waals surface area contributed by atoms with Gasteiger partial charge in [-0.25, -0.2) is 4.63 Å². The fourth-order valence-corrected chi connectivity index (χ4v) is 1.47. The molecule has 0 N–H and O–H groups in total. The number of nitro groups is 2. The van der Waals surface area contributed by atoms with Crippen LogP contribution in [0, 0.1) is 20.2 Å². The lowest BCUT2D eigenvalue weighted by molar-refractivity contribution is -0.422. The molecule has 1 aromatic carbocycles. The number of halogens is 1. The third-order valence-corrected chi connectivity index (χ3v) is 2.18. The second kappa shape index (κ2) is 3.38. The van der Waals surface area contributed by atoms with Crippen LogP contribution in [0.5, 0.6) is 0 Å². The standard InChI is InChI=1S/C6HClN4O5/c7-4-5-2(8-16-9-5)1-3(10(12)13)6(4)11(14)15/h1H. The van der Waals surface area contributed by atoms with Gasteiger partial charge in [0.15, 0.2) is 10.5 Å². The van der Waals surface area contributed by atoms with Crippen LogP contribution in [0.1, 0.15) is 0 Å². The Hall–Kier alpha value is -2.29. The van der Waals surface area contributed by atoms with Crippen molar-refractivity contribution in [1.82, 2.24) is 10.3 Å². The highest BCUT2D eigenvalue weighted by Gasteiger charge is 2.32. The molecule has 0 aliphatic carbocycles. The highest BCUT2D eigenvalue weighted by molar-refractivity contribution is 6.37. The first kappa shape index (κ1) is 10.2. The molecule has 0 spiro atoms. The summed E-state index contributed by atoms with van der Waals surface area (Å²) in [6.07, 6.45) is 0. The Balaban J connectivity index is 2.91. The van der Waals surface area contributed by atoms with E-state index in [4.69, 9.17) is 11.6 Å². The molecule has 1 aromatic heterocycles. The van der Waals surface area contributed by atoms with Crippen LogP contribution in [0.25, 0.3) is 11.0 Å². The van der Waals surface area contributed by atoms with Gasteiger partial charge in [-0.3, -0.25) is 20.2 Å². The highest BCUT2D eigenvalue weighted by atomic mass is 35.5. The van der Waals surface area contributed by atoms with Crippen LogP contribution >= 0.6 is 11.6 Å². The van der Waals surface area contributed by atoms with Crippen molar-refractivity contribution >= 4 is 34.0 Å². The Morgan fingerprint density at radius 1 is 1.25 bits per heavy atom. The van der Waals surface area contributed by atoms with Gasteiger partial charge in [0.1, 0.15) is 5.52 Å². The molecule has 0 aliphatic heterocycles. The Bertz CT molecular complexity index is 608. The van der Waals surface area contributed by atoms with Crippen LogP contribution in [-0.2, 0) is 0 Å². The predicted molar refractivity (Wildman–Crippen MR) is 50.1 cm³/mol. The second-order valence-corrected chi connectivity index (χ2v) is 3.08. The zero-order chi connectivity index (χ0) is 11.9. The van der Waals surface area contributed by atoms with Gasteiger partial charge in [-0.2, -0.15) is 0 Å². The molecule has 0 atom stereocenters. The van der Waals surface area contributed by atoms with Crippen molar-refractivity contribution in [3.05, 3.63) is 31.3 Å². The maximum atomic E-state index is 10.7. The average molecular weight is 245 g/mol. The number of hydrogen-bond acceptors (Lipinski definition) is 7. The van der Waals surface area contributed by atoms with Crippen LogP contribution in [0.4, 0.5) is 11.4 Å². The summed E-state index contributed by atoms with van der Waals surface area (Å²) in [5.41, 5.74) is -1.67. The zero-order valence-electron chi connectivity index (χ0n) is 7.29. The molecule has 9 nitrogen and oxygen atoms in total. The van der Waals surface area contributed by atoms with Crippen LogP contribution in [0.15, 0.2) is 10.7 Å². The number of fused-ring (bicyclic) bond motifs is 1. The van der Waals surface area contributed by atoms with E-state index >= 15 is 0 Å². The van der Waals surface area contributed by atoms with E-state index in [0.717, 1.165) is 6.07 Å². The van der Waals surface area contributed by atoms with Gasteiger partial charge in [-0.1, -0.05) is 11.6 Å². The molecule has 16 heavy (non-hydrogen) atoms. The van der Waals surface area contributed by atoms with Crippen molar-refractivity contribution in [2.45, 2.75) is 0 Å². The van der Waals surface area contributed by atoms with E-state index in [1.807, 2.05) is 0 Å². The van der Waals surface area contributed by atoms with E-state index in [-0.39, 0.29) is 11.0 Å². The second-order valence-electron chi connectivity index (χ2n) is 2.70. The third kappa shape index (κ3) is 1.34. The van der Waals surface area contributed by atoms with Crippen LogP contribution in [0.3, 0.4) is 0 Å². The number of nitro benzene ring substituents is 2. The molecule has 0 radical (unpaired) electrons. The van der Waals surface area contributed by atoms with Crippen LogP contribution in [-0.4, -0.2) is 20.2 Å². The van der Waals surface area contributed by atoms with Crippen LogP contribution < -0.4 is 0 Å². The monoisotopic (exact) mass is 244 g/mol. The SMILES string of the molecule is O=[N+]([O-])c1cc2nonc2c(Cl)c1[N+](=O)[O-]. The maximum Gasteiger partial charge on any atom is 0.366 e. The molecule has 0 fully saturated rings. The summed E-state index contributed by atoms with van der Waals surface area (Å²) in [5, 5.41) is 27.4. The smallest absolute Gasteiger partial charge is 0.258 e. The molecule has 2 aromatic rings. The fraction of sp³-hybridized carbons (Fsp3) is 0. The lowest BCUT2D eigenvalue weighted by atomic mass is 10.2. The highest BCUT2D eigenvalue weighted by Crippen LogP contribution is 2.38. The summed E-state index contributed by atoms with van der Waals surface area (Å²) >= 11 is 5.62. The van der Waals surface area contributed by atoms with Crippen molar-refractivity contribution in [3.8, 4) is 0 Å². The first-order valence-electron chi connectivity index (χ1n) is 3.76. The van der Waals surface area contributed by atoms with Gasteiger partial charge in [-0.15, -0.1) is 0 Å². The minimum Gasteiger partial charge on any atom is -0.258 e. The topological polar surface area (TPSA) is 125 Å². The molecule has 0 saturated carbocycles. The largest absolute Gasteiger partial charge is 0.366 e. The van der Waals surface area contributed by atoms with E-state index in [0.29, 0.717) is 0 Å². The molecule has 10 heteroatoms. The molecular weight excluding hydrogens is 244 g/mol. The molecule has 0 bridgehead atoms. The van der Waals surface area contributed by atoms with Gasteiger partial charge >= 0.3 is 11.4 Å². The van der Waals surface area contributed by atoms with Crippen molar-refractivity contribution in [2.24, 2.45) is 0 Å². The van der Waals surface area contributed by atoms with Gasteiger partial charge < -0.3 is 0 Å². The number of rotatable bonds is 2. The van der Waals surface area contributed by atoms with E-state index < -0.39 is 26.2 Å². The molecule has 0 aliphatic rings. The quantitative estimate of drug-likeness (QED) is 0.581. The van der Waals surface area contributed by atoms with Gasteiger partial charge in [0.25, 0.3) is 0 Å². The van der Waals surface area contributed by atoms with Gasteiger partial charge in [0.2, 0.25) is 0 Å². The van der Waals surface area contributed by atoms with Crippen molar-refractivity contribution in [2.75, 3.05) is 0 Å². The summed E-state index contributed by atoms with van der Waals surface area (Å²) in [7, 11) is 0. The zero-order valence-corrected chi connectivity index (χ0v) is 8.04. The number of aromatic nitrogens is 2. The van der Waals surface area contributed by atoms with Gasteiger partial charge in [0.05, 0.1) is 15.9 Å². The normalized spacial score (nSPS) is 10.6. The summed E-state index contributed by atoms with van der Waals surface area (Å²) in [6.45, 7) is 0. The Kier molecular flexibility index (Phi) is 2.16. The van der Waals surface area contributed by atoms with E-state index in [1.54, 1.807) is 0 Å². The summed E-state index contributed by atoms with van der Waals surface area (Å²) in [5.74, 6) is 0. The molecule has 0 amide bonds. The molecule has 0 unspecified atom stereocenters. The number of hydrogen-bond donors (Lipinski definition) is 0. The average Bonchev–Trinajstić information content (AvgIpc) is 2.64. The molecule has 2 rings (SSSR count). The van der Waals surface area contributed by atoms with E-state index in [9.17, 15) is 20.2 Å². The fourth-order valence-electron chi connectivity index (χ4n) is 1.18. The van der Waals surface area contributed by atoms with Crippen molar-refractivity contribution in [3.63, 3.8) is 0 Å². The molecule has 82 valence electrons. The summed E-state index contributed by atoms with van der Waals surface area (Å²) in [4.78, 5) is 19.4. The first-order valence-corrected chi connectivity index (χ1v) is 4.13. The van der Waals surface area contributed by atoms with Gasteiger partial charge in [-0.05, 0) is 10.3 Å². The first-order chi connectivity index (χ1) is 7.52. The molecule has 0 saturated heterocycles. The summed E-state index contributed by atoms with van der Waals surface area (Å²) in [6, 6.07) is 0.885. The van der Waals surface area contributed by atoms with Crippen LogP contribution in [0.2, 0.25) is 5.02 Å². The minimum atomic E-state index is -0.950. The Labute approximate surface area is 90.9 Å². The molecular formula is C6HClN4O5. The Morgan fingerprint density at radius 3 is 2.50 bits per heavy atom. The van der Waals surface area contributed by atoms with E-state index in [2.05, 4.69) is 14.9 Å². The van der Waals surface area contributed by atoms with Gasteiger partial charge in [0, 0.05) is 0 Å². The van der Waals surface area contributed by atoms with E-state index in [1.165, 1.54) is 0 Å². The lowest BCUT2D eigenvalue weighted by Crippen LogP contribution is -1.97. The molecule has 1 heterocycles. The summed E-state index contributed by atoms with van der Waals surface area (Å²) < 4.78 is 4.29. The maximum absolute atomic E-state index is 10.7. The van der Waals surface area contributed by atoms with Crippen molar-refractivity contribution in [1.29, 1.82) is 0 Å². The van der Waals surface area contributed by atoms with Crippen molar-refractivity contribution < 1.29 is 14.5 Å². The number of benzene rings is 1. The minimum absolute atomic E-state index is 0.0118. The Morgan fingerprint density at radius 2 is 1.94 bits per heavy atom.